The summed E-state index contributed by atoms with van der Waals surface area (Å²) in [5, 5.41) is 13.9. The number of piperazine rings is 1. The second kappa shape index (κ2) is 9.31. The van der Waals surface area contributed by atoms with E-state index in [9.17, 15) is 18.0 Å². The fourth-order valence-corrected chi connectivity index (χ4v) is 3.47. The van der Waals surface area contributed by atoms with Crippen molar-refractivity contribution in [3.05, 3.63) is 65.9 Å². The zero-order chi connectivity index (χ0) is 23.4. The number of alkyl halides is 3. The number of halogens is 3. The Morgan fingerprint density at radius 3 is 2.39 bits per heavy atom. The van der Waals surface area contributed by atoms with Crippen molar-refractivity contribution in [3.63, 3.8) is 0 Å². The SMILES string of the molecule is Cc1ccnc(Nc2ccc(N3CCN(C(=O)Nc4ccccc4C(F)(F)F)CC3)nn2)c1. The van der Waals surface area contributed by atoms with Gasteiger partial charge in [0.05, 0.1) is 11.3 Å². The van der Waals surface area contributed by atoms with Crippen LogP contribution in [0.5, 0.6) is 0 Å². The Hall–Kier alpha value is -3.89. The molecule has 0 atom stereocenters. The number of nitrogens with one attached hydrogen (secondary N) is 2. The fraction of sp³-hybridized carbons (Fsp3) is 0.273. The van der Waals surface area contributed by atoms with E-state index in [4.69, 9.17) is 0 Å². The highest BCUT2D eigenvalue weighted by Gasteiger charge is 2.34. The lowest BCUT2D eigenvalue weighted by atomic mass is 10.1. The largest absolute Gasteiger partial charge is 0.418 e. The standard InChI is InChI=1S/C22H22F3N7O/c1-15-8-9-26-19(14-15)28-18-6-7-20(30-29-18)31-10-12-32(13-11-31)21(33)27-17-5-3-2-4-16(17)22(23,24)25/h2-9,14H,10-13H2,1H3,(H,27,33)(H,26,28,29). The van der Waals surface area contributed by atoms with Crippen molar-refractivity contribution in [1.29, 1.82) is 0 Å². The van der Waals surface area contributed by atoms with Gasteiger partial charge in [-0.15, -0.1) is 10.2 Å². The summed E-state index contributed by atoms with van der Waals surface area (Å²) in [6, 6.07) is 11.8. The number of hydrogen-bond acceptors (Lipinski definition) is 6. The van der Waals surface area contributed by atoms with Crippen LogP contribution in [0, 0.1) is 6.92 Å². The van der Waals surface area contributed by atoms with Gasteiger partial charge in [-0.05, 0) is 48.9 Å². The van der Waals surface area contributed by atoms with E-state index in [0.29, 0.717) is 43.6 Å². The third kappa shape index (κ3) is 5.48. The van der Waals surface area contributed by atoms with Crippen molar-refractivity contribution in [1.82, 2.24) is 20.1 Å². The minimum Gasteiger partial charge on any atom is -0.352 e. The molecule has 1 saturated heterocycles. The van der Waals surface area contributed by atoms with E-state index in [0.717, 1.165) is 11.6 Å². The third-order valence-corrected chi connectivity index (χ3v) is 5.19. The zero-order valence-electron chi connectivity index (χ0n) is 17.8. The van der Waals surface area contributed by atoms with Crippen molar-refractivity contribution in [2.45, 2.75) is 13.1 Å². The minimum atomic E-state index is -4.54. The molecule has 1 aliphatic rings. The maximum absolute atomic E-state index is 13.2. The molecule has 3 heterocycles. The van der Waals surface area contributed by atoms with Gasteiger partial charge in [0.25, 0.3) is 0 Å². The number of hydrogen-bond donors (Lipinski definition) is 2. The Kier molecular flexibility index (Phi) is 6.29. The Morgan fingerprint density at radius 2 is 1.73 bits per heavy atom. The Morgan fingerprint density at radius 1 is 0.970 bits per heavy atom. The number of aromatic nitrogens is 3. The average Bonchev–Trinajstić information content (AvgIpc) is 2.79. The van der Waals surface area contributed by atoms with Gasteiger partial charge in [0.1, 0.15) is 5.82 Å². The van der Waals surface area contributed by atoms with Crippen molar-refractivity contribution in [2.24, 2.45) is 0 Å². The van der Waals surface area contributed by atoms with Gasteiger partial charge < -0.3 is 20.4 Å². The van der Waals surface area contributed by atoms with Gasteiger partial charge in [0, 0.05) is 32.4 Å². The lowest BCUT2D eigenvalue weighted by Crippen LogP contribution is -2.50. The molecule has 4 rings (SSSR count). The number of urea groups is 1. The van der Waals surface area contributed by atoms with Gasteiger partial charge in [-0.2, -0.15) is 13.2 Å². The third-order valence-electron chi connectivity index (χ3n) is 5.19. The number of amides is 2. The maximum Gasteiger partial charge on any atom is 0.418 e. The summed E-state index contributed by atoms with van der Waals surface area (Å²) >= 11 is 0. The molecule has 0 aliphatic carbocycles. The molecule has 172 valence electrons. The maximum atomic E-state index is 13.2. The van der Waals surface area contributed by atoms with Gasteiger partial charge in [0.15, 0.2) is 11.6 Å². The molecule has 1 aromatic carbocycles. The number of aryl methyl sites for hydroxylation is 1. The smallest absolute Gasteiger partial charge is 0.352 e. The number of carbonyl (C=O) groups is 1. The first-order valence-corrected chi connectivity index (χ1v) is 10.3. The number of carbonyl (C=O) groups excluding carboxylic acids is 1. The summed E-state index contributed by atoms with van der Waals surface area (Å²) in [5.41, 5.74) is -0.0582. The summed E-state index contributed by atoms with van der Waals surface area (Å²) in [7, 11) is 0. The Labute approximate surface area is 188 Å². The van der Waals surface area contributed by atoms with Crippen LogP contribution in [0.1, 0.15) is 11.1 Å². The molecule has 8 nitrogen and oxygen atoms in total. The molecule has 2 amide bonds. The number of nitrogens with zero attached hydrogens (tertiary/aromatic N) is 5. The molecule has 0 radical (unpaired) electrons. The van der Waals surface area contributed by atoms with Gasteiger partial charge in [-0.1, -0.05) is 12.1 Å². The first kappa shape index (κ1) is 22.3. The summed E-state index contributed by atoms with van der Waals surface area (Å²) in [6.07, 6.45) is -2.84. The quantitative estimate of drug-likeness (QED) is 0.608. The Balaban J connectivity index is 1.33. The fourth-order valence-electron chi connectivity index (χ4n) is 3.47. The highest BCUT2D eigenvalue weighted by atomic mass is 19.4. The minimum absolute atomic E-state index is 0.255. The van der Waals surface area contributed by atoms with Crippen molar-refractivity contribution in [3.8, 4) is 0 Å². The van der Waals surface area contributed by atoms with Crippen LogP contribution in [0.25, 0.3) is 0 Å². The molecule has 1 aliphatic heterocycles. The van der Waals surface area contributed by atoms with E-state index in [-0.39, 0.29) is 5.69 Å². The predicted molar refractivity (Wildman–Crippen MR) is 119 cm³/mol. The molecule has 1 fully saturated rings. The van der Waals surface area contributed by atoms with E-state index in [1.165, 1.54) is 23.1 Å². The number of anilines is 4. The highest BCUT2D eigenvalue weighted by molar-refractivity contribution is 5.90. The summed E-state index contributed by atoms with van der Waals surface area (Å²) in [4.78, 5) is 20.2. The van der Waals surface area contributed by atoms with Crippen molar-refractivity contribution >= 4 is 29.2 Å². The molecule has 0 bridgehead atoms. The van der Waals surface area contributed by atoms with Crippen LogP contribution in [-0.2, 0) is 6.18 Å². The number of rotatable bonds is 4. The zero-order valence-corrected chi connectivity index (χ0v) is 17.8. The molecule has 11 heteroatoms. The molecule has 0 unspecified atom stereocenters. The monoisotopic (exact) mass is 457 g/mol. The normalized spacial score (nSPS) is 14.2. The number of para-hydroxylation sites is 1. The lowest BCUT2D eigenvalue weighted by molar-refractivity contribution is -0.136. The first-order chi connectivity index (χ1) is 15.8. The van der Waals surface area contributed by atoms with Crippen LogP contribution >= 0.6 is 0 Å². The summed E-state index contributed by atoms with van der Waals surface area (Å²) in [6.45, 7) is 3.62. The predicted octanol–water partition coefficient (Wildman–Crippen LogP) is 4.30. The first-order valence-electron chi connectivity index (χ1n) is 10.3. The van der Waals surface area contributed by atoms with Crippen molar-refractivity contribution < 1.29 is 18.0 Å². The van der Waals surface area contributed by atoms with Crippen LogP contribution in [-0.4, -0.2) is 52.3 Å². The van der Waals surface area contributed by atoms with E-state index in [1.807, 2.05) is 30.0 Å². The van der Waals surface area contributed by atoms with E-state index >= 15 is 0 Å². The van der Waals surface area contributed by atoms with Gasteiger partial charge in [-0.25, -0.2) is 9.78 Å². The molecular formula is C22H22F3N7O. The molecule has 3 aromatic rings. The average molecular weight is 457 g/mol. The molecule has 0 saturated carbocycles. The second-order valence-electron chi connectivity index (χ2n) is 7.57. The van der Waals surface area contributed by atoms with Crippen LogP contribution < -0.4 is 15.5 Å². The van der Waals surface area contributed by atoms with Gasteiger partial charge in [-0.3, -0.25) is 0 Å². The van der Waals surface area contributed by atoms with Crippen LogP contribution in [0.2, 0.25) is 0 Å². The Bertz CT molecular complexity index is 1110. The summed E-state index contributed by atoms with van der Waals surface area (Å²) in [5.74, 6) is 1.88. The van der Waals surface area contributed by atoms with Gasteiger partial charge >= 0.3 is 12.2 Å². The molecule has 2 N–H and O–H groups in total. The summed E-state index contributed by atoms with van der Waals surface area (Å²) < 4.78 is 39.5. The molecule has 33 heavy (non-hydrogen) atoms. The van der Waals surface area contributed by atoms with E-state index < -0.39 is 17.8 Å². The second-order valence-corrected chi connectivity index (χ2v) is 7.57. The lowest BCUT2D eigenvalue weighted by Gasteiger charge is -2.35. The van der Waals surface area contributed by atoms with Crippen LogP contribution in [0.3, 0.4) is 0 Å². The van der Waals surface area contributed by atoms with Crippen LogP contribution in [0.15, 0.2) is 54.7 Å². The topological polar surface area (TPSA) is 86.3 Å². The van der Waals surface area contributed by atoms with Crippen molar-refractivity contribution in [2.75, 3.05) is 41.7 Å². The molecule has 0 spiro atoms. The molecular weight excluding hydrogens is 435 g/mol. The van der Waals surface area contributed by atoms with Gasteiger partial charge in [0.2, 0.25) is 0 Å². The number of pyridine rings is 1. The van der Waals surface area contributed by atoms with E-state index in [2.05, 4.69) is 25.8 Å². The number of benzene rings is 1. The van der Waals surface area contributed by atoms with Crippen LogP contribution in [0.4, 0.5) is 41.1 Å². The van der Waals surface area contributed by atoms with E-state index in [1.54, 1.807) is 12.3 Å². The molecule has 2 aromatic heterocycles. The highest BCUT2D eigenvalue weighted by Crippen LogP contribution is 2.34.